The SMILES string of the molecule is C[C@H](CCc1ccco1)NC(=O)Cn1cnc2c1c(=O)n(C)c(=O)n2C. The molecule has 0 spiro atoms. The summed E-state index contributed by atoms with van der Waals surface area (Å²) < 4.78 is 9.03. The maximum atomic E-state index is 12.4. The van der Waals surface area contributed by atoms with Crippen LogP contribution in [-0.2, 0) is 31.9 Å². The molecular formula is C17H21N5O4. The van der Waals surface area contributed by atoms with E-state index in [1.807, 2.05) is 19.1 Å². The molecule has 0 radical (unpaired) electrons. The fraction of sp³-hybridized carbons (Fsp3) is 0.412. The Labute approximate surface area is 148 Å². The Hall–Kier alpha value is -3.10. The van der Waals surface area contributed by atoms with Gasteiger partial charge in [0.2, 0.25) is 5.91 Å². The van der Waals surface area contributed by atoms with E-state index in [-0.39, 0.29) is 29.7 Å². The normalized spacial score (nSPS) is 12.4. The van der Waals surface area contributed by atoms with Crippen LogP contribution in [0.25, 0.3) is 11.2 Å². The molecule has 0 aliphatic carbocycles. The summed E-state index contributed by atoms with van der Waals surface area (Å²) in [6.45, 7) is 1.87. The van der Waals surface area contributed by atoms with Gasteiger partial charge in [-0.05, 0) is 25.5 Å². The molecule has 1 atom stereocenters. The summed E-state index contributed by atoms with van der Waals surface area (Å²) in [5, 5.41) is 2.90. The number of nitrogens with zero attached hydrogens (tertiary/aromatic N) is 4. The van der Waals surface area contributed by atoms with Crippen LogP contribution in [0.2, 0.25) is 0 Å². The van der Waals surface area contributed by atoms with Crippen LogP contribution in [0, 0.1) is 0 Å². The lowest BCUT2D eigenvalue weighted by Crippen LogP contribution is -2.39. The zero-order chi connectivity index (χ0) is 18.8. The van der Waals surface area contributed by atoms with Gasteiger partial charge in [-0.3, -0.25) is 18.7 Å². The van der Waals surface area contributed by atoms with Crippen molar-refractivity contribution < 1.29 is 9.21 Å². The molecule has 0 bridgehead atoms. The summed E-state index contributed by atoms with van der Waals surface area (Å²) in [6.07, 6.45) is 4.49. The summed E-state index contributed by atoms with van der Waals surface area (Å²) in [7, 11) is 2.94. The number of nitrogens with one attached hydrogen (secondary N) is 1. The standard InChI is InChI=1S/C17H21N5O4/c1-11(6-7-12-5-4-8-26-12)19-13(23)9-22-10-18-15-14(22)16(24)21(3)17(25)20(15)2/h4-5,8,10-11H,6-7,9H2,1-3H3,(H,19,23)/t11-/m1/s1. The highest BCUT2D eigenvalue weighted by Gasteiger charge is 2.16. The second kappa shape index (κ2) is 7.03. The second-order valence-electron chi connectivity index (χ2n) is 6.34. The van der Waals surface area contributed by atoms with Crippen LogP contribution in [0.5, 0.6) is 0 Å². The highest BCUT2D eigenvalue weighted by molar-refractivity contribution is 5.79. The third-order valence-corrected chi connectivity index (χ3v) is 4.34. The summed E-state index contributed by atoms with van der Waals surface area (Å²) in [5.74, 6) is 0.642. The largest absolute Gasteiger partial charge is 0.469 e. The van der Waals surface area contributed by atoms with Crippen molar-refractivity contribution in [1.82, 2.24) is 24.0 Å². The lowest BCUT2D eigenvalue weighted by Gasteiger charge is -2.13. The van der Waals surface area contributed by atoms with Crippen LogP contribution in [0.15, 0.2) is 38.7 Å². The zero-order valence-corrected chi connectivity index (χ0v) is 14.9. The van der Waals surface area contributed by atoms with Gasteiger partial charge < -0.3 is 14.3 Å². The first-order chi connectivity index (χ1) is 12.4. The van der Waals surface area contributed by atoms with E-state index in [1.54, 1.807) is 6.26 Å². The van der Waals surface area contributed by atoms with Gasteiger partial charge >= 0.3 is 5.69 Å². The highest BCUT2D eigenvalue weighted by atomic mass is 16.3. The molecule has 3 aromatic rings. The van der Waals surface area contributed by atoms with Crippen molar-refractivity contribution in [2.24, 2.45) is 14.1 Å². The predicted octanol–water partition coefficient (Wildman–Crippen LogP) is 0.164. The topological polar surface area (TPSA) is 104 Å². The van der Waals surface area contributed by atoms with E-state index in [4.69, 9.17) is 4.42 Å². The molecule has 0 aliphatic heterocycles. The summed E-state index contributed by atoms with van der Waals surface area (Å²) in [6, 6.07) is 3.68. The number of carbonyl (C=O) groups excluding carboxylic acids is 1. The first-order valence-corrected chi connectivity index (χ1v) is 8.31. The Morgan fingerprint density at radius 3 is 2.77 bits per heavy atom. The number of fused-ring (bicyclic) bond motifs is 1. The molecule has 0 fully saturated rings. The smallest absolute Gasteiger partial charge is 0.332 e. The van der Waals surface area contributed by atoms with Gasteiger partial charge in [0.1, 0.15) is 12.3 Å². The van der Waals surface area contributed by atoms with Crippen LogP contribution in [0.1, 0.15) is 19.1 Å². The average molecular weight is 359 g/mol. The van der Waals surface area contributed by atoms with Gasteiger partial charge in [0.15, 0.2) is 11.2 Å². The number of hydrogen-bond donors (Lipinski definition) is 1. The van der Waals surface area contributed by atoms with Gasteiger partial charge in [-0.1, -0.05) is 0 Å². The van der Waals surface area contributed by atoms with Crippen LogP contribution in [0.4, 0.5) is 0 Å². The molecule has 138 valence electrons. The fourth-order valence-electron chi connectivity index (χ4n) is 2.88. The Kier molecular flexibility index (Phi) is 4.79. The van der Waals surface area contributed by atoms with Crippen molar-refractivity contribution in [3.63, 3.8) is 0 Å². The van der Waals surface area contributed by atoms with E-state index >= 15 is 0 Å². The molecule has 3 aromatic heterocycles. The lowest BCUT2D eigenvalue weighted by atomic mass is 10.1. The summed E-state index contributed by atoms with van der Waals surface area (Å²) in [4.78, 5) is 40.7. The zero-order valence-electron chi connectivity index (χ0n) is 14.9. The highest BCUT2D eigenvalue weighted by Crippen LogP contribution is 2.07. The van der Waals surface area contributed by atoms with Gasteiger partial charge in [0.05, 0.1) is 12.6 Å². The van der Waals surface area contributed by atoms with E-state index in [0.717, 1.165) is 23.2 Å². The Balaban J connectivity index is 1.71. The molecule has 1 amide bonds. The second-order valence-corrected chi connectivity index (χ2v) is 6.34. The van der Waals surface area contributed by atoms with Crippen molar-refractivity contribution in [3.05, 3.63) is 51.3 Å². The molecule has 26 heavy (non-hydrogen) atoms. The van der Waals surface area contributed by atoms with Gasteiger partial charge in [0, 0.05) is 26.6 Å². The van der Waals surface area contributed by atoms with Crippen molar-refractivity contribution in [2.45, 2.75) is 32.4 Å². The molecule has 3 heterocycles. The van der Waals surface area contributed by atoms with Gasteiger partial charge in [0.25, 0.3) is 5.56 Å². The molecule has 0 unspecified atom stereocenters. The Bertz CT molecular complexity index is 1040. The average Bonchev–Trinajstić information content (AvgIpc) is 3.26. The summed E-state index contributed by atoms with van der Waals surface area (Å²) >= 11 is 0. The molecule has 9 nitrogen and oxygen atoms in total. The number of hydrogen-bond acceptors (Lipinski definition) is 5. The summed E-state index contributed by atoms with van der Waals surface area (Å²) in [5.41, 5.74) is -0.437. The first kappa shape index (κ1) is 17.7. The van der Waals surface area contributed by atoms with Crippen LogP contribution < -0.4 is 16.6 Å². The van der Waals surface area contributed by atoms with Crippen LogP contribution in [-0.4, -0.2) is 30.6 Å². The number of aryl methyl sites for hydroxylation is 2. The number of rotatable bonds is 6. The van der Waals surface area contributed by atoms with E-state index in [2.05, 4.69) is 10.3 Å². The molecular weight excluding hydrogens is 338 g/mol. The van der Waals surface area contributed by atoms with Crippen LogP contribution >= 0.6 is 0 Å². The fourth-order valence-corrected chi connectivity index (χ4v) is 2.88. The number of amides is 1. The monoisotopic (exact) mass is 359 g/mol. The minimum atomic E-state index is -0.473. The number of furan rings is 1. The van der Waals surface area contributed by atoms with E-state index in [9.17, 15) is 14.4 Å². The van der Waals surface area contributed by atoms with Crippen LogP contribution in [0.3, 0.4) is 0 Å². The molecule has 1 N–H and O–H groups in total. The van der Waals surface area contributed by atoms with Crippen molar-refractivity contribution in [3.8, 4) is 0 Å². The maximum absolute atomic E-state index is 12.4. The maximum Gasteiger partial charge on any atom is 0.332 e. The number of carbonyl (C=O) groups is 1. The number of aromatic nitrogens is 4. The predicted molar refractivity (Wildman–Crippen MR) is 94.8 cm³/mol. The third kappa shape index (κ3) is 3.32. The molecule has 0 saturated carbocycles. The van der Waals surface area contributed by atoms with Gasteiger partial charge in [-0.25, -0.2) is 9.78 Å². The lowest BCUT2D eigenvalue weighted by molar-refractivity contribution is -0.122. The Morgan fingerprint density at radius 1 is 1.31 bits per heavy atom. The van der Waals surface area contributed by atoms with Gasteiger partial charge in [-0.2, -0.15) is 0 Å². The Morgan fingerprint density at radius 2 is 2.08 bits per heavy atom. The van der Waals surface area contributed by atoms with Crippen molar-refractivity contribution in [1.29, 1.82) is 0 Å². The van der Waals surface area contributed by atoms with Gasteiger partial charge in [-0.15, -0.1) is 0 Å². The molecule has 0 aromatic carbocycles. The van der Waals surface area contributed by atoms with Crippen molar-refractivity contribution >= 4 is 17.1 Å². The number of imidazole rings is 1. The minimum Gasteiger partial charge on any atom is -0.469 e. The van der Waals surface area contributed by atoms with Crippen molar-refractivity contribution in [2.75, 3.05) is 0 Å². The van der Waals surface area contributed by atoms with E-state index in [1.165, 1.54) is 29.6 Å². The quantitative estimate of drug-likeness (QED) is 0.675. The van der Waals surface area contributed by atoms with E-state index < -0.39 is 11.2 Å². The molecule has 0 aliphatic rings. The molecule has 9 heteroatoms. The minimum absolute atomic E-state index is 0.0466. The molecule has 0 saturated heterocycles. The first-order valence-electron chi connectivity index (χ1n) is 8.31. The third-order valence-electron chi connectivity index (χ3n) is 4.34. The molecule has 3 rings (SSSR count). The van der Waals surface area contributed by atoms with E-state index in [0.29, 0.717) is 0 Å².